The Bertz CT molecular complexity index is 2590. The van der Waals surface area contributed by atoms with Crippen LogP contribution in [0.5, 0.6) is 23.0 Å². The Kier molecular flexibility index (Phi) is 7.00. The average molecular weight is 669 g/mol. The number of hydrogen-bond donors (Lipinski definition) is 1. The Morgan fingerprint density at radius 1 is 0.404 bits per heavy atom. The number of fused-ring (bicyclic) bond motifs is 8. The van der Waals surface area contributed by atoms with E-state index < -0.39 is 5.41 Å². The van der Waals surface area contributed by atoms with Crippen molar-refractivity contribution >= 4 is 11.4 Å². The summed E-state index contributed by atoms with van der Waals surface area (Å²) < 4.78 is 13.5. The van der Waals surface area contributed by atoms with E-state index in [9.17, 15) is 0 Å². The molecule has 4 heteroatoms. The summed E-state index contributed by atoms with van der Waals surface area (Å²) in [5.74, 6) is 3.29. The Morgan fingerprint density at radius 3 is 1.75 bits per heavy atom. The summed E-state index contributed by atoms with van der Waals surface area (Å²) in [5, 5.41) is 3.66. The number of anilines is 2. The van der Waals surface area contributed by atoms with Gasteiger partial charge in [0.25, 0.3) is 0 Å². The third-order valence-corrected chi connectivity index (χ3v) is 10.2. The monoisotopic (exact) mass is 668 g/mol. The molecule has 10 rings (SSSR count). The summed E-state index contributed by atoms with van der Waals surface area (Å²) in [6.07, 6.45) is 1.83. The van der Waals surface area contributed by atoms with Crippen molar-refractivity contribution in [1.82, 2.24) is 4.98 Å². The number of nitrogens with one attached hydrogen (secondary N) is 1. The summed E-state index contributed by atoms with van der Waals surface area (Å²) in [4.78, 5) is 4.64. The highest BCUT2D eigenvalue weighted by Gasteiger charge is 2.50. The van der Waals surface area contributed by atoms with E-state index >= 15 is 0 Å². The van der Waals surface area contributed by atoms with Crippen LogP contribution in [0.2, 0.25) is 0 Å². The molecule has 8 aromatic rings. The maximum atomic E-state index is 6.76. The maximum Gasteiger partial charge on any atom is 0.132 e. The summed E-state index contributed by atoms with van der Waals surface area (Å²) in [7, 11) is 0. The topological polar surface area (TPSA) is 43.4 Å². The quantitative estimate of drug-likeness (QED) is 0.198. The first-order chi connectivity index (χ1) is 25.8. The standard InChI is InChI=1S/C48H32N2O2/c1-3-13-32(14-4-1)37-29-33(23-26-43(37)50-36-15-5-2-6-16-36)34-24-27-46-41(30-34)48(38-17-7-9-20-44(38)51-46)39-18-8-10-21-45(39)52-47-31-35(22-25-40(47)48)42-19-11-12-28-49-42/h1-31,50H. The second-order valence-electron chi connectivity index (χ2n) is 13.2. The number of benzene rings is 7. The van der Waals surface area contributed by atoms with Crippen molar-refractivity contribution in [3.8, 4) is 56.5 Å². The van der Waals surface area contributed by atoms with Gasteiger partial charge in [0.05, 0.1) is 11.1 Å². The second-order valence-corrected chi connectivity index (χ2v) is 13.2. The summed E-state index contributed by atoms with van der Waals surface area (Å²) >= 11 is 0. The minimum atomic E-state index is -0.704. The number of aromatic nitrogens is 1. The van der Waals surface area contributed by atoms with Crippen LogP contribution in [0.1, 0.15) is 22.3 Å². The van der Waals surface area contributed by atoms with Gasteiger partial charge in [-0.05, 0) is 83.4 Å². The summed E-state index contributed by atoms with van der Waals surface area (Å²) in [6.45, 7) is 0. The van der Waals surface area contributed by atoms with E-state index in [2.05, 4.69) is 144 Å². The lowest BCUT2D eigenvalue weighted by molar-refractivity contribution is 0.399. The Hall–Kier alpha value is -6.91. The molecule has 3 heterocycles. The molecule has 1 unspecified atom stereocenters. The van der Waals surface area contributed by atoms with E-state index in [4.69, 9.17) is 9.47 Å². The minimum Gasteiger partial charge on any atom is -0.457 e. The lowest BCUT2D eigenvalue weighted by Crippen LogP contribution is -2.36. The molecule has 0 amide bonds. The van der Waals surface area contributed by atoms with Gasteiger partial charge in [0.15, 0.2) is 0 Å². The van der Waals surface area contributed by atoms with E-state index in [1.165, 1.54) is 0 Å². The number of nitrogens with zero attached hydrogens (tertiary/aromatic N) is 1. The van der Waals surface area contributed by atoms with Gasteiger partial charge in [0.1, 0.15) is 23.0 Å². The highest BCUT2D eigenvalue weighted by atomic mass is 16.5. The maximum absolute atomic E-state index is 6.76. The molecule has 52 heavy (non-hydrogen) atoms. The molecule has 4 nitrogen and oxygen atoms in total. The van der Waals surface area contributed by atoms with Crippen molar-refractivity contribution in [3.05, 3.63) is 210 Å². The Labute approximate surface area is 302 Å². The fraction of sp³-hybridized carbons (Fsp3) is 0.0208. The molecule has 0 aliphatic carbocycles. The molecule has 1 N–H and O–H groups in total. The zero-order valence-corrected chi connectivity index (χ0v) is 28.2. The lowest BCUT2D eigenvalue weighted by Gasteiger charge is -2.45. The van der Waals surface area contributed by atoms with Crippen LogP contribution in [0.25, 0.3) is 33.5 Å². The predicted octanol–water partition coefficient (Wildman–Crippen LogP) is 12.4. The molecule has 0 bridgehead atoms. The highest BCUT2D eigenvalue weighted by Crippen LogP contribution is 2.62. The van der Waals surface area contributed by atoms with E-state index in [1.54, 1.807) is 0 Å². The average Bonchev–Trinajstić information content (AvgIpc) is 3.21. The van der Waals surface area contributed by atoms with Gasteiger partial charge in [0.2, 0.25) is 0 Å². The van der Waals surface area contributed by atoms with Crippen LogP contribution in [-0.2, 0) is 5.41 Å². The number of rotatable bonds is 5. The first-order valence-electron chi connectivity index (χ1n) is 17.5. The first kappa shape index (κ1) is 30.0. The van der Waals surface area contributed by atoms with Gasteiger partial charge in [-0.3, -0.25) is 4.98 Å². The molecule has 246 valence electrons. The Balaban J connectivity index is 1.20. The number of pyridine rings is 1. The SMILES string of the molecule is c1ccc(Nc2ccc(-c3ccc4c(c3)C3(c5ccccc5Oc5cc(-c6ccccn6)ccc53)c3ccccc3O4)cc2-c2ccccc2)cc1. The van der Waals surface area contributed by atoms with Gasteiger partial charge in [0, 0.05) is 51.0 Å². The Morgan fingerprint density at radius 2 is 1.00 bits per heavy atom. The smallest absolute Gasteiger partial charge is 0.132 e. The number of para-hydroxylation sites is 3. The van der Waals surface area contributed by atoms with Crippen LogP contribution in [0.3, 0.4) is 0 Å². The van der Waals surface area contributed by atoms with Crippen LogP contribution in [-0.4, -0.2) is 4.98 Å². The fourth-order valence-electron chi connectivity index (χ4n) is 7.91. The molecule has 7 aromatic carbocycles. The van der Waals surface area contributed by atoms with Gasteiger partial charge >= 0.3 is 0 Å². The van der Waals surface area contributed by atoms with Gasteiger partial charge in [-0.15, -0.1) is 0 Å². The van der Waals surface area contributed by atoms with E-state index in [0.29, 0.717) is 0 Å². The molecule has 0 fully saturated rings. The van der Waals surface area contributed by atoms with Gasteiger partial charge in [-0.2, -0.15) is 0 Å². The molecule has 1 aromatic heterocycles. The van der Waals surface area contributed by atoms with Crippen LogP contribution in [0, 0.1) is 0 Å². The minimum absolute atomic E-state index is 0.704. The highest BCUT2D eigenvalue weighted by molar-refractivity contribution is 5.86. The van der Waals surface area contributed by atoms with Gasteiger partial charge in [-0.25, -0.2) is 0 Å². The summed E-state index contributed by atoms with van der Waals surface area (Å²) in [5.41, 5.74) is 12.0. The molecule has 1 atom stereocenters. The van der Waals surface area contributed by atoms with E-state index in [1.807, 2.05) is 54.7 Å². The molecule has 2 aliphatic rings. The molecule has 2 aliphatic heterocycles. The third-order valence-electron chi connectivity index (χ3n) is 10.2. The number of hydrogen-bond acceptors (Lipinski definition) is 4. The van der Waals surface area contributed by atoms with Crippen molar-refractivity contribution in [2.24, 2.45) is 0 Å². The molecule has 0 saturated heterocycles. The first-order valence-corrected chi connectivity index (χ1v) is 17.5. The van der Waals surface area contributed by atoms with Crippen molar-refractivity contribution in [2.45, 2.75) is 5.41 Å². The van der Waals surface area contributed by atoms with Crippen LogP contribution < -0.4 is 14.8 Å². The molecule has 0 saturated carbocycles. The summed E-state index contributed by atoms with van der Waals surface area (Å²) in [6, 6.07) is 63.5. The van der Waals surface area contributed by atoms with Crippen molar-refractivity contribution in [1.29, 1.82) is 0 Å². The van der Waals surface area contributed by atoms with Crippen molar-refractivity contribution in [3.63, 3.8) is 0 Å². The molecular formula is C48H32N2O2. The molecule has 1 spiro atoms. The zero-order chi connectivity index (χ0) is 34.5. The number of ether oxygens (including phenoxy) is 2. The van der Waals surface area contributed by atoms with Crippen molar-refractivity contribution in [2.75, 3.05) is 5.32 Å². The van der Waals surface area contributed by atoms with E-state index in [-0.39, 0.29) is 0 Å². The molecule has 0 radical (unpaired) electrons. The molecular weight excluding hydrogens is 637 g/mol. The predicted molar refractivity (Wildman–Crippen MR) is 209 cm³/mol. The van der Waals surface area contributed by atoms with Crippen LogP contribution >= 0.6 is 0 Å². The van der Waals surface area contributed by atoms with E-state index in [0.717, 1.165) is 90.1 Å². The lowest BCUT2D eigenvalue weighted by atomic mass is 9.62. The second kappa shape index (κ2) is 12.1. The largest absolute Gasteiger partial charge is 0.457 e. The normalized spacial score (nSPS) is 14.9. The van der Waals surface area contributed by atoms with Crippen molar-refractivity contribution < 1.29 is 9.47 Å². The fourth-order valence-corrected chi connectivity index (χ4v) is 7.91. The van der Waals surface area contributed by atoms with Crippen LogP contribution in [0.15, 0.2) is 188 Å². The van der Waals surface area contributed by atoms with Gasteiger partial charge in [-0.1, -0.05) is 115 Å². The van der Waals surface area contributed by atoms with Crippen LogP contribution in [0.4, 0.5) is 11.4 Å². The van der Waals surface area contributed by atoms with Gasteiger partial charge < -0.3 is 14.8 Å². The third kappa shape index (κ3) is 4.80. The zero-order valence-electron chi connectivity index (χ0n) is 28.2.